The molecule has 0 aliphatic carbocycles. The van der Waals surface area contributed by atoms with Crippen molar-refractivity contribution in [2.45, 2.75) is 59.4 Å². The van der Waals surface area contributed by atoms with Gasteiger partial charge in [-0.15, -0.1) is 0 Å². The Morgan fingerprint density at radius 2 is 1.68 bits per heavy atom. The van der Waals surface area contributed by atoms with Crippen LogP contribution in [0.5, 0.6) is 0 Å². The normalized spacial score (nSPS) is 12.0. The molecule has 2 rings (SSSR count). The minimum Gasteiger partial charge on any atom is -0.326 e. The summed E-state index contributed by atoms with van der Waals surface area (Å²) in [6.45, 7) is 13.7. The van der Waals surface area contributed by atoms with Gasteiger partial charge in [0.25, 0.3) is 0 Å². The lowest BCUT2D eigenvalue weighted by Gasteiger charge is -2.20. The van der Waals surface area contributed by atoms with Crippen molar-refractivity contribution in [2.24, 2.45) is 5.73 Å². The molecule has 1 aromatic carbocycles. The first kappa shape index (κ1) is 16.7. The molecule has 1 aromatic heterocycles. The zero-order valence-electron chi connectivity index (χ0n) is 14.7. The average molecular weight is 296 g/mol. The summed E-state index contributed by atoms with van der Waals surface area (Å²) in [5.74, 6) is 0.448. The van der Waals surface area contributed by atoms with E-state index in [0.29, 0.717) is 12.5 Å². The van der Waals surface area contributed by atoms with Crippen LogP contribution >= 0.6 is 0 Å². The van der Waals surface area contributed by atoms with E-state index in [2.05, 4.69) is 71.9 Å². The number of aromatic nitrogens is 1. The van der Waals surface area contributed by atoms with Gasteiger partial charge < -0.3 is 5.73 Å². The smallest absolute Gasteiger partial charge is 0.0708 e. The number of aryl methyl sites for hydroxylation is 1. The van der Waals surface area contributed by atoms with E-state index in [9.17, 15) is 0 Å². The Balaban J connectivity index is 2.47. The lowest BCUT2D eigenvalue weighted by Crippen LogP contribution is -2.10. The fraction of sp³-hybridized carbons (Fsp3) is 0.450. The highest BCUT2D eigenvalue weighted by molar-refractivity contribution is 5.62. The summed E-state index contributed by atoms with van der Waals surface area (Å²) >= 11 is 0. The molecule has 0 radical (unpaired) electrons. The molecule has 0 bridgehead atoms. The SMILES string of the molecule is Cc1nc(-c2ccc(C(C)(C)C)cc2)cc(CN)c1C(C)C. The van der Waals surface area contributed by atoms with Crippen LogP contribution in [0.1, 0.15) is 62.9 Å². The second kappa shape index (κ2) is 6.21. The molecule has 22 heavy (non-hydrogen) atoms. The first-order valence-electron chi connectivity index (χ1n) is 8.05. The van der Waals surface area contributed by atoms with E-state index in [1.165, 1.54) is 16.7 Å². The van der Waals surface area contributed by atoms with Gasteiger partial charge in [-0.05, 0) is 41.0 Å². The van der Waals surface area contributed by atoms with Crippen LogP contribution in [0, 0.1) is 6.92 Å². The van der Waals surface area contributed by atoms with Crippen molar-refractivity contribution in [1.29, 1.82) is 0 Å². The summed E-state index contributed by atoms with van der Waals surface area (Å²) in [6.07, 6.45) is 0. The number of pyridine rings is 1. The van der Waals surface area contributed by atoms with Crippen LogP contribution in [0.4, 0.5) is 0 Å². The Hall–Kier alpha value is -1.67. The first-order chi connectivity index (χ1) is 10.2. The quantitative estimate of drug-likeness (QED) is 0.871. The Morgan fingerprint density at radius 1 is 1.09 bits per heavy atom. The number of hydrogen-bond donors (Lipinski definition) is 1. The van der Waals surface area contributed by atoms with Crippen LogP contribution in [0.15, 0.2) is 30.3 Å². The standard InChI is InChI=1S/C20H28N2/c1-13(2)19-14(3)22-18(11-16(19)12-21)15-7-9-17(10-8-15)20(4,5)6/h7-11,13H,12,21H2,1-6H3. The maximum atomic E-state index is 5.96. The molecular weight excluding hydrogens is 268 g/mol. The molecule has 0 amide bonds. The molecule has 0 saturated heterocycles. The summed E-state index contributed by atoms with van der Waals surface area (Å²) < 4.78 is 0. The summed E-state index contributed by atoms with van der Waals surface area (Å²) in [5, 5.41) is 0. The number of nitrogens with zero attached hydrogens (tertiary/aromatic N) is 1. The minimum atomic E-state index is 0.172. The predicted octanol–water partition coefficient (Wildman–Crippen LogP) is 4.94. The molecule has 0 spiro atoms. The molecule has 1 heterocycles. The molecule has 0 aliphatic rings. The van der Waals surface area contributed by atoms with E-state index in [1.54, 1.807) is 0 Å². The minimum absolute atomic E-state index is 0.172. The Bertz CT molecular complexity index is 647. The van der Waals surface area contributed by atoms with Crippen molar-refractivity contribution in [2.75, 3.05) is 0 Å². The monoisotopic (exact) mass is 296 g/mol. The van der Waals surface area contributed by atoms with Gasteiger partial charge in [-0.1, -0.05) is 58.9 Å². The van der Waals surface area contributed by atoms with Gasteiger partial charge in [0, 0.05) is 17.8 Å². The molecule has 0 saturated carbocycles. The van der Waals surface area contributed by atoms with Crippen LogP contribution in [0.25, 0.3) is 11.3 Å². The largest absolute Gasteiger partial charge is 0.326 e. The van der Waals surface area contributed by atoms with Gasteiger partial charge in [0.2, 0.25) is 0 Å². The highest BCUT2D eigenvalue weighted by Crippen LogP contribution is 2.29. The summed E-state index contributed by atoms with van der Waals surface area (Å²) in [4.78, 5) is 4.81. The molecule has 0 aliphatic heterocycles. The summed E-state index contributed by atoms with van der Waals surface area (Å²) in [5.41, 5.74) is 13.2. The van der Waals surface area contributed by atoms with Crippen LogP contribution < -0.4 is 5.73 Å². The molecule has 2 N–H and O–H groups in total. The van der Waals surface area contributed by atoms with Crippen molar-refractivity contribution < 1.29 is 0 Å². The number of nitrogens with two attached hydrogens (primary N) is 1. The van der Waals surface area contributed by atoms with Crippen molar-refractivity contribution in [1.82, 2.24) is 4.98 Å². The molecule has 0 fully saturated rings. The average Bonchev–Trinajstić information content (AvgIpc) is 2.45. The second-order valence-corrected chi connectivity index (χ2v) is 7.35. The van der Waals surface area contributed by atoms with Gasteiger partial charge in [-0.25, -0.2) is 0 Å². The molecule has 2 nitrogen and oxygen atoms in total. The third-order valence-electron chi connectivity index (χ3n) is 4.18. The molecule has 0 atom stereocenters. The Labute approximate surface area is 134 Å². The molecule has 0 unspecified atom stereocenters. The zero-order chi connectivity index (χ0) is 16.5. The lowest BCUT2D eigenvalue weighted by molar-refractivity contribution is 0.590. The van der Waals surface area contributed by atoms with E-state index in [0.717, 1.165) is 17.0 Å². The predicted molar refractivity (Wildman–Crippen MR) is 95.1 cm³/mol. The fourth-order valence-electron chi connectivity index (χ4n) is 2.99. The number of hydrogen-bond acceptors (Lipinski definition) is 2. The van der Waals surface area contributed by atoms with Crippen molar-refractivity contribution in [3.63, 3.8) is 0 Å². The molecular formula is C20H28N2. The van der Waals surface area contributed by atoms with Crippen LogP contribution in [0.2, 0.25) is 0 Å². The van der Waals surface area contributed by atoms with Gasteiger partial charge in [0.05, 0.1) is 5.69 Å². The Morgan fingerprint density at radius 3 is 2.14 bits per heavy atom. The third kappa shape index (κ3) is 3.38. The van der Waals surface area contributed by atoms with Crippen LogP contribution in [-0.2, 0) is 12.0 Å². The van der Waals surface area contributed by atoms with Crippen molar-refractivity contribution >= 4 is 0 Å². The van der Waals surface area contributed by atoms with E-state index in [4.69, 9.17) is 10.7 Å². The molecule has 2 aromatic rings. The van der Waals surface area contributed by atoms with Gasteiger partial charge in [-0.2, -0.15) is 0 Å². The molecule has 2 heteroatoms. The highest BCUT2D eigenvalue weighted by Gasteiger charge is 2.15. The highest BCUT2D eigenvalue weighted by atomic mass is 14.7. The van der Waals surface area contributed by atoms with E-state index >= 15 is 0 Å². The van der Waals surface area contributed by atoms with Crippen molar-refractivity contribution in [3.05, 3.63) is 52.7 Å². The van der Waals surface area contributed by atoms with E-state index in [1.807, 2.05) is 0 Å². The second-order valence-electron chi connectivity index (χ2n) is 7.35. The van der Waals surface area contributed by atoms with Crippen LogP contribution in [-0.4, -0.2) is 4.98 Å². The number of benzene rings is 1. The molecule has 118 valence electrons. The fourth-order valence-corrected chi connectivity index (χ4v) is 2.99. The lowest BCUT2D eigenvalue weighted by atomic mass is 9.86. The van der Waals surface area contributed by atoms with Gasteiger partial charge in [0.1, 0.15) is 0 Å². The third-order valence-corrected chi connectivity index (χ3v) is 4.18. The maximum absolute atomic E-state index is 5.96. The first-order valence-corrected chi connectivity index (χ1v) is 8.05. The topological polar surface area (TPSA) is 38.9 Å². The summed E-state index contributed by atoms with van der Waals surface area (Å²) in [6, 6.07) is 10.9. The van der Waals surface area contributed by atoms with Gasteiger partial charge >= 0.3 is 0 Å². The number of rotatable bonds is 3. The Kier molecular flexibility index (Phi) is 4.72. The zero-order valence-corrected chi connectivity index (χ0v) is 14.7. The van der Waals surface area contributed by atoms with E-state index < -0.39 is 0 Å². The van der Waals surface area contributed by atoms with Gasteiger partial charge in [0.15, 0.2) is 0 Å². The van der Waals surface area contributed by atoms with Crippen molar-refractivity contribution in [3.8, 4) is 11.3 Å². The van der Waals surface area contributed by atoms with E-state index in [-0.39, 0.29) is 5.41 Å². The summed E-state index contributed by atoms with van der Waals surface area (Å²) in [7, 11) is 0. The van der Waals surface area contributed by atoms with Crippen LogP contribution in [0.3, 0.4) is 0 Å². The maximum Gasteiger partial charge on any atom is 0.0708 e. The van der Waals surface area contributed by atoms with Gasteiger partial charge in [-0.3, -0.25) is 4.98 Å².